The Morgan fingerprint density at radius 1 is 1.64 bits per heavy atom. The minimum atomic E-state index is 0. The Bertz CT molecular complexity index is 144. The summed E-state index contributed by atoms with van der Waals surface area (Å²) in [6.07, 6.45) is 2.07. The molecule has 1 fully saturated rings. The van der Waals surface area contributed by atoms with Crippen LogP contribution in [0, 0.1) is 0 Å². The van der Waals surface area contributed by atoms with Crippen molar-refractivity contribution < 1.29 is 6.22 Å². The molecule has 1 aliphatic rings. The van der Waals surface area contributed by atoms with Crippen LogP contribution in [-0.4, -0.2) is 36.4 Å². The topological polar surface area (TPSA) is 46.3 Å². The molecule has 0 spiro atoms. The first-order chi connectivity index (χ1) is 5.18. The highest BCUT2D eigenvalue weighted by Crippen LogP contribution is 2.07. The van der Waals surface area contributed by atoms with Crippen LogP contribution in [0.4, 0.5) is 0 Å². The van der Waals surface area contributed by atoms with Gasteiger partial charge < -0.3 is 5.73 Å². The average molecular weight is 158 g/mol. The minimum Gasteiger partial charge on any atom is -0.328 e. The zero-order chi connectivity index (χ0) is 8.27. The molecule has 1 saturated heterocycles. The van der Waals surface area contributed by atoms with E-state index >= 15 is 0 Å². The van der Waals surface area contributed by atoms with Gasteiger partial charge in [-0.1, -0.05) is 0 Å². The van der Waals surface area contributed by atoms with Gasteiger partial charge in [0, 0.05) is 20.6 Å². The second kappa shape index (κ2) is 3.83. The lowest BCUT2D eigenvalue weighted by atomic mass is 10.1. The molecule has 0 aliphatic carbocycles. The summed E-state index contributed by atoms with van der Waals surface area (Å²) in [7, 11) is 0. The van der Waals surface area contributed by atoms with Crippen LogP contribution in [0.3, 0.4) is 0 Å². The SMILES string of the molecule is CC(=O)CN1CCC(N)CC1.[HH]. The van der Waals surface area contributed by atoms with Crippen LogP contribution in [0.1, 0.15) is 21.2 Å². The minimum absolute atomic E-state index is 0. The van der Waals surface area contributed by atoms with Gasteiger partial charge in [-0.05, 0) is 19.8 Å². The lowest BCUT2D eigenvalue weighted by molar-refractivity contribution is -0.118. The number of hydrogen-bond acceptors (Lipinski definition) is 3. The summed E-state index contributed by atoms with van der Waals surface area (Å²) in [5, 5.41) is 0. The molecular weight excluding hydrogens is 140 g/mol. The maximum absolute atomic E-state index is 10.7. The van der Waals surface area contributed by atoms with Crippen molar-refractivity contribution in [2.45, 2.75) is 25.8 Å². The monoisotopic (exact) mass is 158 g/mol. The molecule has 1 aliphatic heterocycles. The van der Waals surface area contributed by atoms with Crippen LogP contribution < -0.4 is 5.73 Å². The largest absolute Gasteiger partial charge is 0.328 e. The Labute approximate surface area is 69.0 Å². The molecule has 1 rings (SSSR count). The quantitative estimate of drug-likeness (QED) is 0.626. The number of ketones is 1. The molecule has 0 bridgehead atoms. The molecule has 0 aromatic rings. The van der Waals surface area contributed by atoms with Crippen LogP contribution in [0.15, 0.2) is 0 Å². The number of likely N-dealkylation sites (tertiary alicyclic amines) is 1. The number of hydrogen-bond donors (Lipinski definition) is 1. The molecular formula is C8H18N2O. The summed E-state index contributed by atoms with van der Waals surface area (Å²) in [5.74, 6) is 0.250. The van der Waals surface area contributed by atoms with Gasteiger partial charge in [-0.25, -0.2) is 0 Å². The lowest BCUT2D eigenvalue weighted by Crippen LogP contribution is -2.41. The summed E-state index contributed by atoms with van der Waals surface area (Å²) in [5.41, 5.74) is 5.72. The predicted molar refractivity (Wildman–Crippen MR) is 46.4 cm³/mol. The Kier molecular flexibility index (Phi) is 3.02. The van der Waals surface area contributed by atoms with Crippen molar-refractivity contribution in [1.82, 2.24) is 4.90 Å². The van der Waals surface area contributed by atoms with Gasteiger partial charge in [-0.3, -0.25) is 9.69 Å². The van der Waals surface area contributed by atoms with E-state index in [0.717, 1.165) is 25.9 Å². The molecule has 11 heavy (non-hydrogen) atoms. The van der Waals surface area contributed by atoms with Crippen LogP contribution in [-0.2, 0) is 4.79 Å². The van der Waals surface area contributed by atoms with Crippen LogP contribution in [0.2, 0.25) is 0 Å². The Hall–Kier alpha value is -0.410. The molecule has 0 aromatic carbocycles. The van der Waals surface area contributed by atoms with Crippen molar-refractivity contribution in [3.05, 3.63) is 0 Å². The van der Waals surface area contributed by atoms with Crippen molar-refractivity contribution in [2.24, 2.45) is 5.73 Å². The number of carbonyl (C=O) groups is 1. The highest BCUT2D eigenvalue weighted by atomic mass is 16.1. The molecule has 0 radical (unpaired) electrons. The van der Waals surface area contributed by atoms with Crippen molar-refractivity contribution in [3.8, 4) is 0 Å². The molecule has 0 saturated carbocycles. The van der Waals surface area contributed by atoms with Crippen LogP contribution in [0.5, 0.6) is 0 Å². The molecule has 0 amide bonds. The first-order valence-electron chi connectivity index (χ1n) is 4.16. The molecule has 0 unspecified atom stereocenters. The zero-order valence-corrected chi connectivity index (χ0v) is 7.05. The van der Waals surface area contributed by atoms with E-state index in [1.807, 2.05) is 0 Å². The van der Waals surface area contributed by atoms with Gasteiger partial charge in [-0.15, -0.1) is 0 Å². The second-order valence-corrected chi connectivity index (χ2v) is 3.32. The summed E-state index contributed by atoms with van der Waals surface area (Å²) >= 11 is 0. The smallest absolute Gasteiger partial charge is 0.143 e. The van der Waals surface area contributed by atoms with E-state index in [-0.39, 0.29) is 7.21 Å². The van der Waals surface area contributed by atoms with Crippen molar-refractivity contribution in [1.29, 1.82) is 0 Å². The molecule has 66 valence electrons. The first-order valence-corrected chi connectivity index (χ1v) is 4.16. The third kappa shape index (κ3) is 2.99. The van der Waals surface area contributed by atoms with Gasteiger partial charge in [0.05, 0.1) is 6.54 Å². The summed E-state index contributed by atoms with van der Waals surface area (Å²) in [6, 6.07) is 0.359. The van der Waals surface area contributed by atoms with E-state index in [9.17, 15) is 4.79 Å². The molecule has 0 atom stereocenters. The lowest BCUT2D eigenvalue weighted by Gasteiger charge is -2.28. The molecule has 3 heteroatoms. The van der Waals surface area contributed by atoms with Gasteiger partial charge in [0.25, 0.3) is 0 Å². The third-order valence-corrected chi connectivity index (χ3v) is 2.08. The van der Waals surface area contributed by atoms with Gasteiger partial charge in [0.2, 0.25) is 0 Å². The van der Waals surface area contributed by atoms with Crippen molar-refractivity contribution in [3.63, 3.8) is 0 Å². The Morgan fingerprint density at radius 2 is 2.18 bits per heavy atom. The number of Topliss-reactive ketones (excluding diaryl/α,β-unsaturated/α-hetero) is 1. The fraction of sp³-hybridized carbons (Fsp3) is 0.875. The maximum atomic E-state index is 10.7. The van der Waals surface area contributed by atoms with Gasteiger partial charge in [-0.2, -0.15) is 0 Å². The van der Waals surface area contributed by atoms with Crippen LogP contribution >= 0.6 is 0 Å². The Balaban J connectivity index is 0.00000121. The molecule has 1 heterocycles. The maximum Gasteiger partial charge on any atom is 0.143 e. The summed E-state index contributed by atoms with van der Waals surface area (Å²) in [6.45, 7) is 4.21. The highest BCUT2D eigenvalue weighted by Gasteiger charge is 2.16. The van der Waals surface area contributed by atoms with Crippen molar-refractivity contribution >= 4 is 5.78 Å². The second-order valence-electron chi connectivity index (χ2n) is 3.32. The highest BCUT2D eigenvalue weighted by molar-refractivity contribution is 5.77. The van der Waals surface area contributed by atoms with E-state index < -0.39 is 0 Å². The third-order valence-electron chi connectivity index (χ3n) is 2.08. The summed E-state index contributed by atoms with van der Waals surface area (Å²) in [4.78, 5) is 12.9. The number of piperidine rings is 1. The van der Waals surface area contributed by atoms with E-state index in [1.165, 1.54) is 0 Å². The predicted octanol–water partition coefficient (Wildman–Crippen LogP) is 0.244. The molecule has 3 nitrogen and oxygen atoms in total. The molecule has 0 aromatic heterocycles. The fourth-order valence-corrected chi connectivity index (χ4v) is 1.43. The molecule has 2 N–H and O–H groups in total. The van der Waals surface area contributed by atoms with E-state index in [4.69, 9.17) is 5.73 Å². The van der Waals surface area contributed by atoms with Gasteiger partial charge in [0.15, 0.2) is 0 Å². The number of carbonyl (C=O) groups excluding carboxylic acids is 1. The van der Waals surface area contributed by atoms with E-state index in [1.54, 1.807) is 6.92 Å². The van der Waals surface area contributed by atoms with Crippen molar-refractivity contribution in [2.75, 3.05) is 19.6 Å². The standard InChI is InChI=1S/C8H16N2O.H2/c1-7(11)6-10-4-2-8(9)3-5-10;/h8H,2-6,9H2,1H3;1H. The van der Waals surface area contributed by atoms with E-state index in [0.29, 0.717) is 12.6 Å². The average Bonchev–Trinajstić information content (AvgIpc) is 1.93. The normalized spacial score (nSPS) is 22.0. The first kappa shape index (κ1) is 8.68. The Morgan fingerprint density at radius 3 is 2.64 bits per heavy atom. The number of nitrogens with two attached hydrogens (primary N) is 1. The van der Waals surface area contributed by atoms with Gasteiger partial charge in [0.1, 0.15) is 5.78 Å². The number of rotatable bonds is 2. The fourth-order valence-electron chi connectivity index (χ4n) is 1.43. The van der Waals surface area contributed by atoms with Crippen LogP contribution in [0.25, 0.3) is 0 Å². The van der Waals surface area contributed by atoms with Gasteiger partial charge >= 0.3 is 0 Å². The zero-order valence-electron chi connectivity index (χ0n) is 7.05. The summed E-state index contributed by atoms with van der Waals surface area (Å²) < 4.78 is 0. The number of nitrogens with zero attached hydrogens (tertiary/aromatic N) is 1. The van der Waals surface area contributed by atoms with E-state index in [2.05, 4.69) is 4.90 Å².